The Hall–Kier alpha value is -5.11. The van der Waals surface area contributed by atoms with E-state index in [2.05, 4.69) is 13.8 Å². The van der Waals surface area contributed by atoms with E-state index in [4.69, 9.17) is 23.7 Å². The van der Waals surface area contributed by atoms with E-state index in [0.29, 0.717) is 61.8 Å². The summed E-state index contributed by atoms with van der Waals surface area (Å²) in [7, 11) is 0. The highest BCUT2D eigenvalue weighted by Crippen LogP contribution is 2.27. The maximum absolute atomic E-state index is 13.0. The number of fused-ring (bicyclic) bond motifs is 2. The Morgan fingerprint density at radius 2 is 1.06 bits per heavy atom. The molecule has 8 heteroatoms. The molecule has 0 bridgehead atoms. The van der Waals surface area contributed by atoms with Crippen molar-refractivity contribution >= 4 is 40.0 Å². The first kappa shape index (κ1) is 39.1. The van der Waals surface area contributed by atoms with Crippen LogP contribution in [0.2, 0.25) is 0 Å². The van der Waals surface area contributed by atoms with Gasteiger partial charge in [0.05, 0.1) is 30.9 Å². The number of hydrogen-bond acceptors (Lipinski definition) is 8. The maximum atomic E-state index is 13.0. The van der Waals surface area contributed by atoms with E-state index in [-0.39, 0.29) is 0 Å². The fourth-order valence-electron chi connectivity index (χ4n) is 6.23. The van der Waals surface area contributed by atoms with Gasteiger partial charge in [-0.1, -0.05) is 70.2 Å². The summed E-state index contributed by atoms with van der Waals surface area (Å²) in [5.74, 6) is 2.59. The second-order valence-corrected chi connectivity index (χ2v) is 13.8. The highest BCUT2D eigenvalue weighted by Gasteiger charge is 2.18. The molecular formula is C45H52O8. The number of ether oxygens (including phenoxy) is 5. The van der Waals surface area contributed by atoms with Gasteiger partial charge in [0, 0.05) is 12.8 Å². The first-order valence-electron chi connectivity index (χ1n) is 19.1. The number of esters is 2. The fraction of sp³-hybridized carbons (Fsp3) is 0.400. The summed E-state index contributed by atoms with van der Waals surface area (Å²) >= 11 is 0. The van der Waals surface area contributed by atoms with Gasteiger partial charge in [-0.15, -0.1) is 0 Å². The average Bonchev–Trinajstić information content (AvgIpc) is 3.18. The molecule has 4 aromatic rings. The van der Waals surface area contributed by atoms with Crippen LogP contribution in [0.3, 0.4) is 0 Å². The van der Waals surface area contributed by atoms with Crippen LogP contribution >= 0.6 is 0 Å². The van der Waals surface area contributed by atoms with Gasteiger partial charge in [-0.05, 0) is 120 Å². The highest BCUT2D eigenvalue weighted by molar-refractivity contribution is 5.97. The topological polar surface area (TPSA) is 97.4 Å². The lowest BCUT2D eigenvalue weighted by molar-refractivity contribution is -0.128. The van der Waals surface area contributed by atoms with Crippen molar-refractivity contribution in [1.29, 1.82) is 0 Å². The van der Waals surface area contributed by atoms with Crippen molar-refractivity contribution in [2.75, 3.05) is 19.8 Å². The molecule has 53 heavy (non-hydrogen) atoms. The van der Waals surface area contributed by atoms with E-state index in [1.54, 1.807) is 24.3 Å². The van der Waals surface area contributed by atoms with Gasteiger partial charge in [0.1, 0.15) is 23.0 Å². The minimum atomic E-state index is -0.442. The Bertz CT molecular complexity index is 1890. The van der Waals surface area contributed by atoms with Gasteiger partial charge in [-0.2, -0.15) is 0 Å². The van der Waals surface area contributed by atoms with Crippen molar-refractivity contribution < 1.29 is 38.1 Å². The third kappa shape index (κ3) is 12.5. The molecule has 0 amide bonds. The summed E-state index contributed by atoms with van der Waals surface area (Å²) in [5, 5.41) is 3.81. The van der Waals surface area contributed by atoms with Gasteiger partial charge in [-0.25, -0.2) is 9.59 Å². The number of allylic oxidation sites excluding steroid dienone is 4. The second kappa shape index (κ2) is 20.8. The molecule has 0 heterocycles. The summed E-state index contributed by atoms with van der Waals surface area (Å²) in [6.07, 6.45) is 15.3. The van der Waals surface area contributed by atoms with Crippen LogP contribution in [0.15, 0.2) is 96.5 Å². The number of rotatable bonds is 22. The van der Waals surface area contributed by atoms with Crippen molar-refractivity contribution in [3.63, 3.8) is 0 Å². The van der Waals surface area contributed by atoms with E-state index in [0.717, 1.165) is 71.1 Å². The molecule has 1 aliphatic rings. The molecule has 4 aromatic carbocycles. The largest absolute Gasteiger partial charge is 0.494 e. The molecule has 1 aliphatic carbocycles. The average molecular weight is 721 g/mol. The summed E-state index contributed by atoms with van der Waals surface area (Å²) in [6.45, 7) is 6.83. The first-order chi connectivity index (χ1) is 25.9. The maximum Gasteiger partial charge on any atom is 0.343 e. The molecule has 0 aromatic heterocycles. The van der Waals surface area contributed by atoms with Crippen LogP contribution in [0.25, 0.3) is 21.5 Å². The molecular weight excluding hydrogens is 668 g/mol. The zero-order chi connectivity index (χ0) is 37.3. The van der Waals surface area contributed by atoms with Gasteiger partial charge in [0.25, 0.3) is 6.47 Å². The quantitative estimate of drug-likeness (QED) is 0.0342. The number of benzene rings is 4. The Labute approximate surface area is 313 Å². The zero-order valence-corrected chi connectivity index (χ0v) is 31.1. The summed E-state index contributed by atoms with van der Waals surface area (Å²) < 4.78 is 28.0. The number of carbonyl (C=O) groups is 3. The third-order valence-corrected chi connectivity index (χ3v) is 9.67. The standard InChI is InChI=1S/C45H52O8/c1-3-33(2)12-8-4-5-10-26-50-42-19-17-34-28-38(15-13-36(34)30-42)44(47)52-40-21-23-41(24-22-40)53-45(48)39-16-14-37-31-43(20-18-35(37)29-39)51-27-11-7-6-9-25-49-32-46/h13-21,23,28-33H,3-12,22,24-27H2,1-2H3. The molecule has 0 fully saturated rings. The lowest BCUT2D eigenvalue weighted by Crippen LogP contribution is -2.10. The highest BCUT2D eigenvalue weighted by atomic mass is 16.5. The fourth-order valence-corrected chi connectivity index (χ4v) is 6.23. The van der Waals surface area contributed by atoms with Crippen LogP contribution in [0, 0.1) is 5.92 Å². The predicted molar refractivity (Wildman–Crippen MR) is 208 cm³/mol. The molecule has 1 unspecified atom stereocenters. The number of unbranched alkanes of at least 4 members (excludes halogenated alkanes) is 6. The lowest BCUT2D eigenvalue weighted by Gasteiger charge is -2.15. The normalized spacial score (nSPS) is 13.2. The van der Waals surface area contributed by atoms with Crippen LogP contribution in [0.1, 0.15) is 112 Å². The van der Waals surface area contributed by atoms with Gasteiger partial charge in [0.2, 0.25) is 0 Å². The van der Waals surface area contributed by atoms with Crippen LogP contribution < -0.4 is 9.47 Å². The Morgan fingerprint density at radius 3 is 1.53 bits per heavy atom. The third-order valence-electron chi connectivity index (χ3n) is 9.67. The van der Waals surface area contributed by atoms with Gasteiger partial charge in [-0.3, -0.25) is 4.79 Å². The monoisotopic (exact) mass is 720 g/mol. The molecule has 0 N–H and O–H groups in total. The van der Waals surface area contributed by atoms with E-state index in [1.807, 2.05) is 60.7 Å². The Kier molecular flexibility index (Phi) is 15.4. The summed E-state index contributed by atoms with van der Waals surface area (Å²) in [5.41, 5.74) is 0.917. The smallest absolute Gasteiger partial charge is 0.343 e. The zero-order valence-electron chi connectivity index (χ0n) is 31.1. The van der Waals surface area contributed by atoms with Crippen LogP contribution in [0.4, 0.5) is 0 Å². The molecule has 0 aliphatic heterocycles. The summed E-state index contributed by atoms with van der Waals surface area (Å²) in [4.78, 5) is 36.2. The molecule has 8 nitrogen and oxygen atoms in total. The van der Waals surface area contributed by atoms with Crippen molar-refractivity contribution in [3.05, 3.63) is 108 Å². The SMILES string of the molecule is CCC(C)CCCCCCOc1ccc2cc(C(=O)OC3=CC=C(OC(=O)c4ccc5cc(OCCCCCCOC=O)ccc5c4)CC3)ccc2c1. The van der Waals surface area contributed by atoms with Crippen LogP contribution in [-0.4, -0.2) is 38.2 Å². The van der Waals surface area contributed by atoms with E-state index in [9.17, 15) is 14.4 Å². The molecule has 5 rings (SSSR count). The molecule has 1 atom stereocenters. The molecule has 0 saturated heterocycles. The number of carbonyl (C=O) groups excluding carboxylic acids is 3. The van der Waals surface area contributed by atoms with Crippen molar-refractivity contribution in [3.8, 4) is 11.5 Å². The predicted octanol–water partition coefficient (Wildman–Crippen LogP) is 11.1. The first-order valence-corrected chi connectivity index (χ1v) is 19.1. The van der Waals surface area contributed by atoms with E-state index in [1.165, 1.54) is 32.1 Å². The van der Waals surface area contributed by atoms with Gasteiger partial charge >= 0.3 is 11.9 Å². The number of hydrogen-bond donors (Lipinski definition) is 0. The summed E-state index contributed by atoms with van der Waals surface area (Å²) in [6, 6.07) is 22.7. The van der Waals surface area contributed by atoms with Gasteiger partial charge in [0.15, 0.2) is 0 Å². The van der Waals surface area contributed by atoms with Crippen molar-refractivity contribution in [2.24, 2.45) is 5.92 Å². The molecule has 0 saturated carbocycles. The van der Waals surface area contributed by atoms with Crippen molar-refractivity contribution in [2.45, 2.75) is 90.9 Å². The Balaban J connectivity index is 1.05. The van der Waals surface area contributed by atoms with E-state index < -0.39 is 11.9 Å². The van der Waals surface area contributed by atoms with Crippen molar-refractivity contribution in [1.82, 2.24) is 0 Å². The minimum absolute atomic E-state index is 0.427. The van der Waals surface area contributed by atoms with Crippen LogP contribution in [0.5, 0.6) is 11.5 Å². The second-order valence-electron chi connectivity index (χ2n) is 13.8. The van der Waals surface area contributed by atoms with Gasteiger partial charge < -0.3 is 23.7 Å². The minimum Gasteiger partial charge on any atom is -0.494 e. The Morgan fingerprint density at radius 1 is 0.604 bits per heavy atom. The lowest BCUT2D eigenvalue weighted by atomic mass is 10.0. The van der Waals surface area contributed by atoms with Crippen LogP contribution in [-0.2, 0) is 19.0 Å². The van der Waals surface area contributed by atoms with E-state index >= 15 is 0 Å². The molecule has 0 spiro atoms. The molecule has 280 valence electrons. The molecule has 0 radical (unpaired) electrons.